The molecular weight excluding hydrogens is 391 g/mol. The summed E-state index contributed by atoms with van der Waals surface area (Å²) in [4.78, 5) is 25.3. The lowest BCUT2D eigenvalue weighted by Crippen LogP contribution is -2.26. The Morgan fingerprint density at radius 2 is 1.93 bits per heavy atom. The highest BCUT2D eigenvalue weighted by Gasteiger charge is 2.16. The first-order valence-corrected chi connectivity index (χ1v) is 8.18. The van der Waals surface area contributed by atoms with Gasteiger partial charge in [-0.15, -0.1) is 12.4 Å². The number of hydrogen-bond acceptors (Lipinski definition) is 6. The zero-order valence-electron chi connectivity index (χ0n) is 14.7. The highest BCUT2D eigenvalue weighted by molar-refractivity contribution is 6.32. The van der Waals surface area contributed by atoms with E-state index in [2.05, 4.69) is 37.3 Å². The number of carbonyl (C=O) groups excluding carboxylic acids is 1. The molecule has 0 saturated heterocycles. The van der Waals surface area contributed by atoms with Crippen LogP contribution >= 0.6 is 24.0 Å². The Morgan fingerprint density at radius 3 is 2.56 bits per heavy atom. The first-order valence-electron chi connectivity index (χ1n) is 7.80. The SMILES string of the molecule is CN(CCNc1nc(N)c(C(=O)N=C(N)N)nc1Cl)Cc1ccccc1.Cl. The van der Waals surface area contributed by atoms with Crippen molar-refractivity contribution < 1.29 is 4.79 Å². The second kappa shape index (κ2) is 10.5. The van der Waals surface area contributed by atoms with Crippen molar-refractivity contribution in [1.82, 2.24) is 14.9 Å². The Morgan fingerprint density at radius 1 is 1.26 bits per heavy atom. The minimum Gasteiger partial charge on any atom is -0.382 e. The number of nitrogen functional groups attached to an aromatic ring is 1. The van der Waals surface area contributed by atoms with Gasteiger partial charge in [0.25, 0.3) is 0 Å². The molecule has 2 rings (SSSR count). The standard InChI is InChI=1S/C16H21ClN8O.ClH/c1-25(9-10-5-3-2-4-6-10)8-7-21-14-12(17)22-11(13(18)23-14)15(26)24-16(19)20;/h2-6H,7-9H2,1H3,(H3,18,21,23)(H4,19,20,24,26);1H. The molecule has 11 heteroatoms. The maximum Gasteiger partial charge on any atom is 0.302 e. The number of aromatic nitrogens is 2. The molecule has 9 nitrogen and oxygen atoms in total. The van der Waals surface area contributed by atoms with Crippen molar-refractivity contribution in [2.24, 2.45) is 16.5 Å². The van der Waals surface area contributed by atoms with Gasteiger partial charge in [0.1, 0.15) is 0 Å². The van der Waals surface area contributed by atoms with Crippen molar-refractivity contribution in [2.75, 3.05) is 31.2 Å². The quantitative estimate of drug-likeness (QED) is 0.389. The molecule has 0 aliphatic heterocycles. The first kappa shape index (κ1) is 22.4. The summed E-state index contributed by atoms with van der Waals surface area (Å²) in [5.41, 5.74) is 17.1. The van der Waals surface area contributed by atoms with E-state index in [0.29, 0.717) is 12.4 Å². The van der Waals surface area contributed by atoms with Crippen molar-refractivity contribution in [3.63, 3.8) is 0 Å². The monoisotopic (exact) mass is 412 g/mol. The minimum atomic E-state index is -0.800. The molecule has 0 spiro atoms. The van der Waals surface area contributed by atoms with Gasteiger partial charge in [0, 0.05) is 19.6 Å². The van der Waals surface area contributed by atoms with Gasteiger partial charge in [0.2, 0.25) is 0 Å². The van der Waals surface area contributed by atoms with Gasteiger partial charge < -0.3 is 27.4 Å². The van der Waals surface area contributed by atoms with E-state index in [9.17, 15) is 4.79 Å². The van der Waals surface area contributed by atoms with Crippen molar-refractivity contribution >= 4 is 47.5 Å². The Labute approximate surface area is 168 Å². The van der Waals surface area contributed by atoms with Crippen LogP contribution in [0, 0.1) is 0 Å². The first-order chi connectivity index (χ1) is 12.4. The lowest BCUT2D eigenvalue weighted by molar-refractivity contribution is 0.0998. The molecule has 27 heavy (non-hydrogen) atoms. The lowest BCUT2D eigenvalue weighted by Gasteiger charge is -2.17. The van der Waals surface area contributed by atoms with E-state index in [0.717, 1.165) is 13.1 Å². The third kappa shape index (κ3) is 6.89. The Balaban J connectivity index is 0.00000364. The Kier molecular flexibility index (Phi) is 8.73. The molecular formula is C16H22Cl2N8O. The molecule has 1 aromatic carbocycles. The number of aliphatic imine (C=N–C) groups is 1. The number of guanidine groups is 1. The van der Waals surface area contributed by atoms with Crippen LogP contribution in [0.2, 0.25) is 5.15 Å². The van der Waals surface area contributed by atoms with Crippen molar-refractivity contribution in [2.45, 2.75) is 6.54 Å². The van der Waals surface area contributed by atoms with Gasteiger partial charge in [-0.1, -0.05) is 41.9 Å². The molecule has 1 heterocycles. The number of benzene rings is 1. The van der Waals surface area contributed by atoms with Gasteiger partial charge in [-0.05, 0) is 12.6 Å². The summed E-state index contributed by atoms with van der Waals surface area (Å²) in [6.07, 6.45) is 0. The minimum absolute atomic E-state index is 0. The zero-order valence-corrected chi connectivity index (χ0v) is 16.3. The van der Waals surface area contributed by atoms with Crippen LogP contribution in [0.3, 0.4) is 0 Å². The van der Waals surface area contributed by atoms with Crippen LogP contribution in [-0.4, -0.2) is 46.9 Å². The smallest absolute Gasteiger partial charge is 0.302 e. The number of hydrogen-bond donors (Lipinski definition) is 4. The van der Waals surface area contributed by atoms with Crippen molar-refractivity contribution in [1.29, 1.82) is 0 Å². The molecule has 0 unspecified atom stereocenters. The second-order valence-corrected chi connectivity index (χ2v) is 5.95. The molecule has 0 radical (unpaired) electrons. The summed E-state index contributed by atoms with van der Waals surface area (Å²) < 4.78 is 0. The number of rotatable bonds is 7. The molecule has 2 aromatic rings. The number of nitrogens with one attached hydrogen (secondary N) is 1. The third-order valence-electron chi connectivity index (χ3n) is 3.39. The highest BCUT2D eigenvalue weighted by Crippen LogP contribution is 2.20. The number of nitrogens with two attached hydrogens (primary N) is 3. The fourth-order valence-corrected chi connectivity index (χ4v) is 2.40. The van der Waals surface area contributed by atoms with Crippen molar-refractivity contribution in [3.8, 4) is 0 Å². The molecule has 0 saturated carbocycles. The number of amides is 1. The predicted octanol–water partition coefficient (Wildman–Crippen LogP) is 1.09. The molecule has 1 aromatic heterocycles. The average molecular weight is 413 g/mol. The van der Waals surface area contributed by atoms with Gasteiger partial charge in [0.15, 0.2) is 28.4 Å². The van der Waals surface area contributed by atoms with Gasteiger partial charge in [0.05, 0.1) is 0 Å². The average Bonchev–Trinajstić information content (AvgIpc) is 2.57. The molecule has 7 N–H and O–H groups in total. The van der Waals surface area contributed by atoms with E-state index in [-0.39, 0.29) is 29.1 Å². The molecule has 1 amide bonds. The molecule has 0 fully saturated rings. The maximum atomic E-state index is 11.8. The second-order valence-electron chi connectivity index (χ2n) is 5.59. The van der Waals surface area contributed by atoms with Crippen LogP contribution in [0.15, 0.2) is 35.3 Å². The van der Waals surface area contributed by atoms with Gasteiger partial charge in [-0.25, -0.2) is 9.97 Å². The third-order valence-corrected chi connectivity index (χ3v) is 3.66. The summed E-state index contributed by atoms with van der Waals surface area (Å²) >= 11 is 6.06. The summed E-state index contributed by atoms with van der Waals surface area (Å²) in [6, 6.07) is 10.1. The number of carbonyl (C=O) groups is 1. The maximum absolute atomic E-state index is 11.8. The number of likely N-dealkylation sites (N-methyl/N-ethyl adjacent to an activating group) is 1. The van der Waals surface area contributed by atoms with Crippen molar-refractivity contribution in [3.05, 3.63) is 46.7 Å². The van der Waals surface area contributed by atoms with Crippen LogP contribution in [-0.2, 0) is 6.54 Å². The number of nitrogens with zero attached hydrogens (tertiary/aromatic N) is 4. The number of anilines is 2. The Hall–Kier alpha value is -2.62. The molecule has 0 aliphatic rings. The zero-order chi connectivity index (χ0) is 19.1. The van der Waals surface area contributed by atoms with Gasteiger partial charge >= 0.3 is 5.91 Å². The molecule has 0 atom stereocenters. The van der Waals surface area contributed by atoms with Crippen LogP contribution in [0.4, 0.5) is 11.6 Å². The summed E-state index contributed by atoms with van der Waals surface area (Å²) in [6.45, 7) is 2.12. The van der Waals surface area contributed by atoms with Crippen LogP contribution < -0.4 is 22.5 Å². The van der Waals surface area contributed by atoms with E-state index in [1.165, 1.54) is 5.56 Å². The normalized spacial score (nSPS) is 10.2. The molecule has 0 aliphatic carbocycles. The lowest BCUT2D eigenvalue weighted by atomic mass is 10.2. The van der Waals surface area contributed by atoms with Crippen LogP contribution in [0.5, 0.6) is 0 Å². The van der Waals surface area contributed by atoms with E-state index < -0.39 is 11.9 Å². The van der Waals surface area contributed by atoms with E-state index in [4.69, 9.17) is 28.8 Å². The predicted molar refractivity (Wildman–Crippen MR) is 110 cm³/mol. The fraction of sp³-hybridized carbons (Fsp3) is 0.250. The van der Waals surface area contributed by atoms with Gasteiger partial charge in [-0.3, -0.25) is 4.79 Å². The van der Waals surface area contributed by atoms with E-state index in [1.54, 1.807) is 0 Å². The summed E-state index contributed by atoms with van der Waals surface area (Å²) in [7, 11) is 2.01. The number of halogens is 2. The Bertz CT molecular complexity index is 797. The molecule has 0 bridgehead atoms. The van der Waals surface area contributed by atoms with Crippen LogP contribution in [0.1, 0.15) is 16.1 Å². The van der Waals surface area contributed by atoms with Gasteiger partial charge in [-0.2, -0.15) is 4.99 Å². The fourth-order valence-electron chi connectivity index (χ4n) is 2.21. The summed E-state index contributed by atoms with van der Waals surface area (Å²) in [5, 5.41) is 3.07. The van der Waals surface area contributed by atoms with E-state index in [1.807, 2.05) is 25.2 Å². The molecule has 146 valence electrons. The summed E-state index contributed by atoms with van der Waals surface area (Å²) in [5.74, 6) is -1.01. The highest BCUT2D eigenvalue weighted by atomic mass is 35.5. The largest absolute Gasteiger partial charge is 0.382 e. The van der Waals surface area contributed by atoms with Crippen LogP contribution in [0.25, 0.3) is 0 Å². The van der Waals surface area contributed by atoms with E-state index >= 15 is 0 Å². The topological polar surface area (TPSA) is 149 Å².